The van der Waals surface area contributed by atoms with Gasteiger partial charge >= 0.3 is 6.08 Å². The van der Waals surface area contributed by atoms with E-state index in [-0.39, 0.29) is 18.0 Å². The molecule has 3 saturated heterocycles. The van der Waals surface area contributed by atoms with E-state index in [1.54, 1.807) is 30.5 Å². The van der Waals surface area contributed by atoms with Gasteiger partial charge in [0.1, 0.15) is 11.5 Å². The molecule has 1 aromatic heterocycles. The Bertz CT molecular complexity index is 717. The van der Waals surface area contributed by atoms with Crippen molar-refractivity contribution in [3.05, 3.63) is 41.8 Å². The van der Waals surface area contributed by atoms with Crippen LogP contribution in [-0.2, 0) is 0 Å². The fourth-order valence-electron chi connectivity index (χ4n) is 3.54. The summed E-state index contributed by atoms with van der Waals surface area (Å²) in [6.45, 7) is 5.12. The van der Waals surface area contributed by atoms with E-state index in [2.05, 4.69) is 15.2 Å². The van der Waals surface area contributed by atoms with E-state index in [9.17, 15) is 4.79 Å². The van der Waals surface area contributed by atoms with E-state index in [4.69, 9.17) is 9.15 Å². The number of amides is 1. The summed E-state index contributed by atoms with van der Waals surface area (Å²) in [7, 11) is 0. The molecule has 24 heavy (non-hydrogen) atoms. The lowest BCUT2D eigenvalue weighted by molar-refractivity contribution is 0.0620. The molecule has 1 atom stereocenters. The molecule has 1 amide bonds. The fourth-order valence-corrected chi connectivity index (χ4v) is 3.54. The molecule has 3 aliphatic heterocycles. The van der Waals surface area contributed by atoms with E-state index in [1.807, 2.05) is 6.92 Å². The fraction of sp³-hybridized carbons (Fsp3) is 0.444. The minimum Gasteiger partial charge on any atom is -0.414 e. The van der Waals surface area contributed by atoms with Crippen molar-refractivity contribution in [1.29, 1.82) is 0 Å². The number of carbonyl (C=O) groups excluding carboxylic acids is 1. The summed E-state index contributed by atoms with van der Waals surface area (Å²) >= 11 is 0. The molecule has 0 aliphatic carbocycles. The highest BCUT2D eigenvalue weighted by atomic mass is 16.6. The van der Waals surface area contributed by atoms with Gasteiger partial charge in [0.2, 0.25) is 0 Å². The highest BCUT2D eigenvalue weighted by molar-refractivity contribution is 5.94. The van der Waals surface area contributed by atoms with Crippen LogP contribution in [0.15, 0.2) is 34.9 Å². The number of benzene rings is 1. The molecule has 1 N–H and O–H groups in total. The number of piperidine rings is 3. The first-order chi connectivity index (χ1) is 11.7. The zero-order valence-corrected chi connectivity index (χ0v) is 13.7. The van der Waals surface area contributed by atoms with E-state index in [0.717, 1.165) is 6.54 Å². The van der Waals surface area contributed by atoms with Crippen molar-refractivity contribution in [2.24, 2.45) is 5.92 Å². The van der Waals surface area contributed by atoms with Gasteiger partial charge in [-0.25, -0.2) is 0 Å². The molecule has 126 valence electrons. The van der Waals surface area contributed by atoms with Crippen LogP contribution in [0.4, 0.5) is 0 Å². The van der Waals surface area contributed by atoms with E-state index < -0.39 is 0 Å². The molecule has 2 bridgehead atoms. The quantitative estimate of drug-likeness (QED) is 0.935. The number of oxazole rings is 1. The van der Waals surface area contributed by atoms with Crippen LogP contribution in [0.2, 0.25) is 0 Å². The Hall–Kier alpha value is -2.34. The molecule has 1 aromatic carbocycles. The molecule has 6 nitrogen and oxygen atoms in total. The number of aromatic nitrogens is 1. The van der Waals surface area contributed by atoms with Crippen molar-refractivity contribution in [2.75, 3.05) is 19.6 Å². The minimum absolute atomic E-state index is 0.0210. The highest BCUT2D eigenvalue weighted by Gasteiger charge is 2.34. The van der Waals surface area contributed by atoms with Gasteiger partial charge in [0.25, 0.3) is 5.91 Å². The highest BCUT2D eigenvalue weighted by Crippen LogP contribution is 2.28. The standard InChI is InChI=1S/C18H21N3O3/c1-12-10-19-18(23-12)24-15-4-2-14(3-5-15)17(22)20-16-11-21-8-6-13(16)7-9-21/h2-5,10,13,16H,6-9,11H2,1H3,(H,20,22). The summed E-state index contributed by atoms with van der Waals surface area (Å²) in [5.41, 5.74) is 0.641. The van der Waals surface area contributed by atoms with Gasteiger partial charge in [0.05, 0.1) is 6.20 Å². The molecule has 4 heterocycles. The summed E-state index contributed by atoms with van der Waals surface area (Å²) in [6.07, 6.45) is 4.18. The van der Waals surface area contributed by atoms with Crippen LogP contribution < -0.4 is 10.1 Å². The van der Waals surface area contributed by atoms with Crippen LogP contribution in [0.5, 0.6) is 11.8 Å². The van der Waals surface area contributed by atoms with Gasteiger partial charge in [0.15, 0.2) is 0 Å². The first-order valence-corrected chi connectivity index (χ1v) is 8.41. The first kappa shape index (κ1) is 15.2. The average molecular weight is 327 g/mol. The number of rotatable bonds is 4. The van der Waals surface area contributed by atoms with Crippen LogP contribution in [-0.4, -0.2) is 41.5 Å². The van der Waals surface area contributed by atoms with Crippen molar-refractivity contribution in [3.8, 4) is 11.8 Å². The summed E-state index contributed by atoms with van der Waals surface area (Å²) < 4.78 is 10.8. The maximum atomic E-state index is 12.5. The van der Waals surface area contributed by atoms with Gasteiger partial charge in [-0.3, -0.25) is 4.79 Å². The predicted octanol–water partition coefficient (Wildman–Crippen LogP) is 2.60. The van der Waals surface area contributed by atoms with Gasteiger partial charge in [-0.2, -0.15) is 4.98 Å². The number of hydrogen-bond donors (Lipinski definition) is 1. The van der Waals surface area contributed by atoms with Crippen molar-refractivity contribution in [2.45, 2.75) is 25.8 Å². The second-order valence-corrected chi connectivity index (χ2v) is 6.58. The number of carbonyl (C=O) groups is 1. The van der Waals surface area contributed by atoms with Crippen LogP contribution in [0.1, 0.15) is 29.0 Å². The van der Waals surface area contributed by atoms with Crippen molar-refractivity contribution in [1.82, 2.24) is 15.2 Å². The third-order valence-electron chi connectivity index (χ3n) is 4.89. The van der Waals surface area contributed by atoms with E-state index >= 15 is 0 Å². The Morgan fingerprint density at radius 2 is 2.04 bits per heavy atom. The number of nitrogens with zero attached hydrogens (tertiary/aromatic N) is 2. The Balaban J connectivity index is 1.38. The number of aryl methyl sites for hydroxylation is 1. The predicted molar refractivity (Wildman–Crippen MR) is 88.2 cm³/mol. The van der Waals surface area contributed by atoms with Crippen LogP contribution in [0, 0.1) is 12.8 Å². The van der Waals surface area contributed by atoms with Gasteiger partial charge in [-0.1, -0.05) is 0 Å². The molecule has 5 rings (SSSR count). The Labute approximate surface area is 140 Å². The Morgan fingerprint density at radius 1 is 1.29 bits per heavy atom. The van der Waals surface area contributed by atoms with Crippen LogP contribution in [0.25, 0.3) is 0 Å². The molecule has 0 saturated carbocycles. The summed E-state index contributed by atoms with van der Waals surface area (Å²) in [5, 5.41) is 3.19. The smallest absolute Gasteiger partial charge is 0.399 e. The largest absolute Gasteiger partial charge is 0.414 e. The van der Waals surface area contributed by atoms with E-state index in [1.165, 1.54) is 25.9 Å². The molecule has 0 radical (unpaired) electrons. The minimum atomic E-state index is -0.0210. The summed E-state index contributed by atoms with van der Waals surface area (Å²) in [6, 6.07) is 7.31. The third-order valence-corrected chi connectivity index (χ3v) is 4.89. The topological polar surface area (TPSA) is 67.6 Å². The lowest BCUT2D eigenvalue weighted by Crippen LogP contribution is -2.57. The average Bonchev–Trinajstić information content (AvgIpc) is 3.01. The third kappa shape index (κ3) is 3.14. The Morgan fingerprint density at radius 3 is 2.62 bits per heavy atom. The SMILES string of the molecule is Cc1cnc(Oc2ccc(C(=O)NC3CN4CCC3CC4)cc2)o1. The first-order valence-electron chi connectivity index (χ1n) is 8.41. The molecule has 0 spiro atoms. The molecule has 3 fully saturated rings. The lowest BCUT2D eigenvalue weighted by atomic mass is 9.84. The summed E-state index contributed by atoms with van der Waals surface area (Å²) in [5.74, 6) is 1.89. The number of hydrogen-bond acceptors (Lipinski definition) is 5. The molecular weight excluding hydrogens is 306 g/mol. The maximum absolute atomic E-state index is 12.5. The molecule has 6 heteroatoms. The zero-order chi connectivity index (χ0) is 16.5. The molecule has 1 unspecified atom stereocenters. The van der Waals surface area contributed by atoms with Gasteiger partial charge in [-0.15, -0.1) is 0 Å². The van der Waals surface area contributed by atoms with Crippen molar-refractivity contribution < 1.29 is 13.9 Å². The molecule has 3 aliphatic rings. The normalized spacial score (nSPS) is 25.5. The Kier molecular flexibility index (Phi) is 3.98. The zero-order valence-electron chi connectivity index (χ0n) is 13.7. The second kappa shape index (κ2) is 6.28. The number of fused-ring (bicyclic) bond motifs is 3. The van der Waals surface area contributed by atoms with Crippen LogP contribution >= 0.6 is 0 Å². The van der Waals surface area contributed by atoms with E-state index in [0.29, 0.717) is 23.0 Å². The lowest BCUT2D eigenvalue weighted by Gasteiger charge is -2.44. The molecular formula is C18H21N3O3. The number of nitrogens with one attached hydrogen (secondary N) is 1. The second-order valence-electron chi connectivity index (χ2n) is 6.58. The van der Waals surface area contributed by atoms with Gasteiger partial charge in [0, 0.05) is 18.2 Å². The van der Waals surface area contributed by atoms with Crippen LogP contribution in [0.3, 0.4) is 0 Å². The molecule has 2 aromatic rings. The van der Waals surface area contributed by atoms with Gasteiger partial charge < -0.3 is 19.4 Å². The van der Waals surface area contributed by atoms with Gasteiger partial charge in [-0.05, 0) is 63.0 Å². The van der Waals surface area contributed by atoms with Crippen molar-refractivity contribution >= 4 is 5.91 Å². The van der Waals surface area contributed by atoms with Crippen molar-refractivity contribution in [3.63, 3.8) is 0 Å². The summed E-state index contributed by atoms with van der Waals surface area (Å²) in [4.78, 5) is 18.9. The monoisotopic (exact) mass is 327 g/mol. The maximum Gasteiger partial charge on any atom is 0.399 e. The number of ether oxygens (including phenoxy) is 1.